The van der Waals surface area contributed by atoms with E-state index in [4.69, 9.17) is 0 Å². The van der Waals surface area contributed by atoms with Crippen LogP contribution < -0.4 is 24.8 Å². The Bertz CT molecular complexity index is 2000. The van der Waals surface area contributed by atoms with Crippen LogP contribution in [0.5, 0.6) is 0 Å². The zero-order valence-electron chi connectivity index (χ0n) is 24.0. The smallest absolute Gasteiger partial charge is 1.00 e. The van der Waals surface area contributed by atoms with Gasteiger partial charge in [-0.2, -0.15) is 0 Å². The molecule has 0 radical (unpaired) electrons. The van der Waals surface area contributed by atoms with Crippen molar-refractivity contribution in [3.05, 3.63) is 131 Å². The third kappa shape index (κ3) is 4.54. The van der Waals surface area contributed by atoms with Crippen LogP contribution in [0.2, 0.25) is 0 Å². The summed E-state index contributed by atoms with van der Waals surface area (Å²) in [5.74, 6) is 0. The summed E-state index contributed by atoms with van der Waals surface area (Å²) >= 11 is -2.35. The standard InChI is InChI=1S/2C17H11.C6H10.2ClH.Zr/c2*1-2-6-15-12(4-1)8-10-14-11-9-13-5-3-7-16(13)17(14)15;1-2-4-6-5-3-1;;;/h2*1-11H;1-5H2;2*1H;/q;;;;;+2/p-2. The fourth-order valence-corrected chi connectivity index (χ4v) is 18.2. The predicted molar refractivity (Wildman–Crippen MR) is 175 cm³/mol. The monoisotopic (exact) mass is 672 g/mol. The number of hydrogen-bond acceptors (Lipinski definition) is 0. The molecule has 1 saturated carbocycles. The van der Waals surface area contributed by atoms with E-state index in [2.05, 4.69) is 121 Å². The van der Waals surface area contributed by atoms with Gasteiger partial charge in [-0.25, -0.2) is 0 Å². The predicted octanol–water partition coefficient (Wildman–Crippen LogP) is 4.90. The Morgan fingerprint density at radius 3 is 1.42 bits per heavy atom. The van der Waals surface area contributed by atoms with Crippen molar-refractivity contribution in [3.8, 4) is 0 Å². The van der Waals surface area contributed by atoms with E-state index in [-0.39, 0.29) is 24.8 Å². The first-order valence-corrected chi connectivity index (χ1v) is 19.4. The van der Waals surface area contributed by atoms with Crippen molar-refractivity contribution in [3.63, 3.8) is 0 Å². The molecule has 2 atom stereocenters. The Labute approximate surface area is 273 Å². The molecule has 0 aromatic heterocycles. The Balaban J connectivity index is 0.00000150. The van der Waals surface area contributed by atoms with Crippen molar-refractivity contribution in [2.45, 2.75) is 39.4 Å². The minimum absolute atomic E-state index is 0. The Morgan fingerprint density at radius 2 is 0.907 bits per heavy atom. The van der Waals surface area contributed by atoms with Gasteiger partial charge in [0.1, 0.15) is 0 Å². The van der Waals surface area contributed by atoms with Gasteiger partial charge in [0.25, 0.3) is 0 Å². The van der Waals surface area contributed by atoms with Crippen LogP contribution in [-0.2, 0) is 21.3 Å². The van der Waals surface area contributed by atoms with E-state index in [1.807, 2.05) is 3.21 Å². The molecule has 9 rings (SSSR count). The third-order valence-corrected chi connectivity index (χ3v) is 19.0. The van der Waals surface area contributed by atoms with Crippen molar-refractivity contribution in [2.75, 3.05) is 0 Å². The second-order valence-electron chi connectivity index (χ2n) is 12.2. The third-order valence-electron chi connectivity index (χ3n) is 10.1. The molecule has 2 unspecified atom stereocenters. The molecule has 0 N–H and O–H groups in total. The van der Waals surface area contributed by atoms with Gasteiger partial charge in [-0.1, -0.05) is 0 Å². The summed E-state index contributed by atoms with van der Waals surface area (Å²) in [7, 11) is 0. The van der Waals surface area contributed by atoms with Gasteiger partial charge in [-0.15, -0.1) is 0 Å². The molecule has 0 heterocycles. The zero-order valence-corrected chi connectivity index (χ0v) is 28.0. The zero-order chi connectivity index (χ0) is 26.9. The quantitative estimate of drug-likeness (QED) is 0.230. The maximum atomic E-state index is 2.65. The van der Waals surface area contributed by atoms with E-state index in [1.54, 1.807) is 11.1 Å². The number of halogens is 2. The molecule has 3 aliphatic carbocycles. The second kappa shape index (κ2) is 11.6. The van der Waals surface area contributed by atoms with E-state index in [9.17, 15) is 0 Å². The van der Waals surface area contributed by atoms with Gasteiger partial charge in [0.15, 0.2) is 0 Å². The van der Waals surface area contributed by atoms with Gasteiger partial charge in [0.2, 0.25) is 0 Å². The molecule has 6 aromatic carbocycles. The molecule has 0 bridgehead atoms. The van der Waals surface area contributed by atoms with Crippen LogP contribution >= 0.6 is 0 Å². The van der Waals surface area contributed by atoms with Crippen molar-refractivity contribution in [2.24, 2.45) is 0 Å². The summed E-state index contributed by atoms with van der Waals surface area (Å²) in [6.45, 7) is 0. The summed E-state index contributed by atoms with van der Waals surface area (Å²) < 4.78 is 3.12. The fourth-order valence-electron chi connectivity index (χ4n) is 8.25. The Morgan fingerprint density at radius 1 is 0.465 bits per heavy atom. The van der Waals surface area contributed by atoms with Crippen molar-refractivity contribution < 1.29 is 46.1 Å². The van der Waals surface area contributed by atoms with Gasteiger partial charge in [-0.05, 0) is 0 Å². The van der Waals surface area contributed by atoms with Crippen molar-refractivity contribution >= 4 is 58.4 Å². The van der Waals surface area contributed by atoms with Crippen LogP contribution in [0.4, 0.5) is 0 Å². The molecule has 3 aliphatic rings. The average molecular weight is 675 g/mol. The molecule has 3 heteroatoms. The van der Waals surface area contributed by atoms with Crippen LogP contribution in [-0.4, -0.2) is 3.21 Å². The molecular formula is C40H32Cl2Zr. The molecule has 0 nitrogen and oxygen atoms in total. The first kappa shape index (κ1) is 28.9. The van der Waals surface area contributed by atoms with Crippen LogP contribution in [0.25, 0.3) is 55.2 Å². The van der Waals surface area contributed by atoms with Crippen LogP contribution in [0.1, 0.15) is 61.6 Å². The van der Waals surface area contributed by atoms with Gasteiger partial charge in [0.05, 0.1) is 0 Å². The number of fused-ring (bicyclic) bond motifs is 10. The summed E-state index contributed by atoms with van der Waals surface area (Å²) in [4.78, 5) is 0. The van der Waals surface area contributed by atoms with Crippen molar-refractivity contribution in [1.82, 2.24) is 0 Å². The molecule has 6 aromatic rings. The number of hydrogen-bond donors (Lipinski definition) is 0. The van der Waals surface area contributed by atoms with Crippen LogP contribution in [0, 0.1) is 0 Å². The average Bonchev–Trinajstić information content (AvgIpc) is 3.66. The van der Waals surface area contributed by atoms with E-state index in [0.29, 0.717) is 7.25 Å². The SMILES string of the molecule is C1=C[CH]([Zr+2](=[C]2CCCCC2)[CH]2C=Cc3ccc4ccc5ccccc5c4c32)c2c1ccc1ccc3ccccc3c21.[Cl-].[Cl-]. The minimum atomic E-state index is -2.35. The number of benzene rings is 6. The molecule has 0 saturated heterocycles. The first-order valence-electron chi connectivity index (χ1n) is 15.3. The molecule has 0 aliphatic heterocycles. The van der Waals surface area contributed by atoms with Gasteiger partial charge < -0.3 is 24.8 Å². The fraction of sp³-hybridized carbons (Fsp3) is 0.175. The summed E-state index contributed by atoms with van der Waals surface area (Å²) in [6, 6.07) is 36.9. The van der Waals surface area contributed by atoms with E-state index >= 15 is 0 Å². The molecule has 210 valence electrons. The normalized spacial score (nSPS) is 18.3. The molecule has 0 amide bonds. The van der Waals surface area contributed by atoms with E-state index in [1.165, 1.54) is 86.3 Å². The van der Waals surface area contributed by atoms with Gasteiger partial charge >= 0.3 is 251 Å². The Kier molecular flexibility index (Phi) is 7.80. The number of allylic oxidation sites excluding steroid dienone is 2. The van der Waals surface area contributed by atoms with E-state index in [0.717, 1.165) is 0 Å². The molecule has 43 heavy (non-hydrogen) atoms. The maximum absolute atomic E-state index is 2.65. The maximum Gasteiger partial charge on any atom is -1.00 e. The van der Waals surface area contributed by atoms with Crippen LogP contribution in [0.3, 0.4) is 0 Å². The topological polar surface area (TPSA) is 0 Å². The number of rotatable bonds is 2. The summed E-state index contributed by atoms with van der Waals surface area (Å²) in [6.07, 6.45) is 17.1. The minimum Gasteiger partial charge on any atom is -1.00 e. The molecule has 1 fully saturated rings. The molecule has 0 spiro atoms. The largest absolute Gasteiger partial charge is 1.00 e. The molecular weight excluding hydrogens is 643 g/mol. The Hall–Kier alpha value is -2.83. The second-order valence-corrected chi connectivity index (χ2v) is 19.2. The first-order chi connectivity index (χ1) is 20.3. The van der Waals surface area contributed by atoms with Crippen molar-refractivity contribution in [1.29, 1.82) is 0 Å². The summed E-state index contributed by atoms with van der Waals surface area (Å²) in [5, 5.41) is 11.4. The summed E-state index contributed by atoms with van der Waals surface area (Å²) in [5.41, 5.74) is 6.19. The van der Waals surface area contributed by atoms with Gasteiger partial charge in [0, 0.05) is 0 Å². The van der Waals surface area contributed by atoms with Gasteiger partial charge in [-0.3, -0.25) is 0 Å². The van der Waals surface area contributed by atoms with Crippen LogP contribution in [0.15, 0.2) is 109 Å². The van der Waals surface area contributed by atoms with E-state index < -0.39 is 21.3 Å².